The van der Waals surface area contributed by atoms with Crippen LogP contribution in [0.25, 0.3) is 0 Å². The summed E-state index contributed by atoms with van der Waals surface area (Å²) < 4.78 is 32.0. The first-order valence-corrected chi connectivity index (χ1v) is 10.1. The quantitative estimate of drug-likeness (QED) is 0.728. The number of anilines is 2. The Morgan fingerprint density at radius 3 is 2.58 bits per heavy atom. The van der Waals surface area contributed by atoms with Gasteiger partial charge in [0.15, 0.2) is 0 Å². The van der Waals surface area contributed by atoms with Crippen molar-refractivity contribution in [3.63, 3.8) is 0 Å². The summed E-state index contributed by atoms with van der Waals surface area (Å²) in [5, 5.41) is 4.30. The normalized spacial score (nSPS) is 14.7. The van der Waals surface area contributed by atoms with Crippen LogP contribution >= 0.6 is 23.7 Å². The third-order valence-corrected chi connectivity index (χ3v) is 6.99. The van der Waals surface area contributed by atoms with Crippen LogP contribution in [0, 0.1) is 0 Å². The largest absolute Gasteiger partial charge is 0.495 e. The number of carbonyl (C=O) groups excluding carboxylic acids is 1. The molecule has 1 aliphatic heterocycles. The van der Waals surface area contributed by atoms with E-state index in [4.69, 9.17) is 10.5 Å². The first kappa shape index (κ1) is 20.5. The number of benzene rings is 1. The van der Waals surface area contributed by atoms with Crippen molar-refractivity contribution in [2.24, 2.45) is 0 Å². The third-order valence-electron chi connectivity index (χ3n) is 4.01. The molecule has 0 bridgehead atoms. The molecule has 0 atom stereocenters. The lowest BCUT2D eigenvalue weighted by atomic mass is 10.2. The van der Waals surface area contributed by atoms with E-state index in [1.54, 1.807) is 23.6 Å². The summed E-state index contributed by atoms with van der Waals surface area (Å²) in [5.41, 5.74) is 6.69. The Hall–Kier alpha value is -1.81. The number of halogens is 1. The lowest BCUT2D eigenvalue weighted by molar-refractivity contribution is 0.102. The van der Waals surface area contributed by atoms with Crippen LogP contribution in [0.3, 0.4) is 0 Å². The van der Waals surface area contributed by atoms with Crippen LogP contribution < -0.4 is 15.8 Å². The number of thiophene rings is 1. The van der Waals surface area contributed by atoms with Crippen molar-refractivity contribution in [3.05, 3.63) is 34.5 Å². The summed E-state index contributed by atoms with van der Waals surface area (Å²) in [7, 11) is -2.14. The van der Waals surface area contributed by atoms with Gasteiger partial charge < -0.3 is 15.8 Å². The van der Waals surface area contributed by atoms with Crippen molar-refractivity contribution < 1.29 is 17.9 Å². The summed E-state index contributed by atoms with van der Waals surface area (Å²) >= 11 is 1.10. The van der Waals surface area contributed by atoms with Crippen LogP contribution in [-0.4, -0.2) is 38.8 Å². The zero-order valence-corrected chi connectivity index (χ0v) is 16.5. The molecule has 2 heterocycles. The summed E-state index contributed by atoms with van der Waals surface area (Å²) in [5.74, 6) is 0.0313. The van der Waals surface area contributed by atoms with Crippen LogP contribution in [0.5, 0.6) is 5.75 Å². The van der Waals surface area contributed by atoms with Crippen molar-refractivity contribution in [2.75, 3.05) is 31.2 Å². The second-order valence-corrected chi connectivity index (χ2v) is 8.46. The molecule has 2 aromatic rings. The average molecular weight is 418 g/mol. The second kappa shape index (κ2) is 8.26. The van der Waals surface area contributed by atoms with Gasteiger partial charge in [-0.3, -0.25) is 4.79 Å². The van der Waals surface area contributed by atoms with Crippen molar-refractivity contribution in [2.45, 2.75) is 17.7 Å². The van der Waals surface area contributed by atoms with Crippen molar-refractivity contribution in [1.82, 2.24) is 4.31 Å². The Kier molecular flexibility index (Phi) is 6.51. The second-order valence-electron chi connectivity index (χ2n) is 5.64. The molecule has 1 saturated heterocycles. The topological polar surface area (TPSA) is 102 Å². The fraction of sp³-hybridized carbons (Fsp3) is 0.312. The molecular weight excluding hydrogens is 398 g/mol. The highest BCUT2D eigenvalue weighted by Crippen LogP contribution is 2.29. The molecule has 1 aromatic heterocycles. The zero-order valence-electron chi connectivity index (χ0n) is 14.1. The van der Waals surface area contributed by atoms with E-state index in [9.17, 15) is 13.2 Å². The van der Waals surface area contributed by atoms with Gasteiger partial charge in [-0.05, 0) is 42.5 Å². The highest BCUT2D eigenvalue weighted by atomic mass is 35.5. The molecule has 7 nitrogen and oxygen atoms in total. The van der Waals surface area contributed by atoms with Gasteiger partial charge in [0.25, 0.3) is 5.91 Å². The van der Waals surface area contributed by atoms with Crippen molar-refractivity contribution >= 4 is 51.0 Å². The zero-order chi connectivity index (χ0) is 18.0. The Bertz CT molecular complexity index is 893. The minimum absolute atomic E-state index is 0. The number of carbonyl (C=O) groups is 1. The molecule has 26 heavy (non-hydrogen) atoms. The standard InChI is InChI=1S/C16H19N3O4S2.ClH/c1-23-13-5-4-11(10-12(13)17)18-16(20)15-14(6-9-24-15)25(21,22)19-7-2-3-8-19;/h4-6,9-10H,2-3,7-8,17H2,1H3,(H,18,20);1H. The van der Waals surface area contributed by atoms with Crippen molar-refractivity contribution in [1.29, 1.82) is 0 Å². The number of ether oxygens (including phenoxy) is 1. The summed E-state index contributed by atoms with van der Waals surface area (Å²) in [6, 6.07) is 6.34. The van der Waals surface area contributed by atoms with Crippen LogP contribution in [0.2, 0.25) is 0 Å². The molecule has 0 saturated carbocycles. The highest BCUT2D eigenvalue weighted by molar-refractivity contribution is 7.89. The number of nitrogens with zero attached hydrogens (tertiary/aromatic N) is 1. The lowest BCUT2D eigenvalue weighted by Crippen LogP contribution is -2.29. The predicted molar refractivity (Wildman–Crippen MR) is 105 cm³/mol. The van der Waals surface area contributed by atoms with Gasteiger partial charge in [-0.2, -0.15) is 4.31 Å². The molecule has 0 spiro atoms. The number of hydrogen-bond acceptors (Lipinski definition) is 6. The van der Waals surface area contributed by atoms with E-state index in [0.29, 0.717) is 30.2 Å². The lowest BCUT2D eigenvalue weighted by Gasteiger charge is -2.15. The highest BCUT2D eigenvalue weighted by Gasteiger charge is 2.31. The predicted octanol–water partition coefficient (Wildman–Crippen LogP) is 2.80. The van der Waals surface area contributed by atoms with Crippen LogP contribution in [0.4, 0.5) is 11.4 Å². The third kappa shape index (κ3) is 3.96. The first-order chi connectivity index (χ1) is 11.9. The molecule has 1 aromatic carbocycles. The maximum absolute atomic E-state index is 12.7. The number of sulfonamides is 1. The fourth-order valence-electron chi connectivity index (χ4n) is 2.73. The van der Waals surface area contributed by atoms with Gasteiger partial charge in [0.05, 0.1) is 12.8 Å². The Balaban J connectivity index is 0.00000243. The summed E-state index contributed by atoms with van der Waals surface area (Å²) in [6.07, 6.45) is 1.69. The van der Waals surface area contributed by atoms with E-state index < -0.39 is 15.9 Å². The Morgan fingerprint density at radius 1 is 1.27 bits per heavy atom. The number of nitrogens with two attached hydrogens (primary N) is 1. The number of rotatable bonds is 5. The minimum atomic E-state index is -3.64. The molecule has 1 aliphatic rings. The van der Waals surface area contributed by atoms with Crippen LogP contribution in [0.1, 0.15) is 22.5 Å². The number of amides is 1. The monoisotopic (exact) mass is 417 g/mol. The average Bonchev–Trinajstić information content (AvgIpc) is 3.27. The number of hydrogen-bond donors (Lipinski definition) is 2. The Labute approximate surface area is 162 Å². The molecule has 0 radical (unpaired) electrons. The molecule has 3 rings (SSSR count). The van der Waals surface area contributed by atoms with E-state index in [1.807, 2.05) is 0 Å². The Morgan fingerprint density at radius 2 is 1.96 bits per heavy atom. The minimum Gasteiger partial charge on any atom is -0.495 e. The van der Waals surface area contributed by atoms with E-state index >= 15 is 0 Å². The molecule has 1 fully saturated rings. The van der Waals surface area contributed by atoms with Gasteiger partial charge in [0.2, 0.25) is 10.0 Å². The maximum Gasteiger partial charge on any atom is 0.267 e. The molecule has 10 heteroatoms. The molecule has 3 N–H and O–H groups in total. The number of nitrogen functional groups attached to an aromatic ring is 1. The summed E-state index contributed by atoms with van der Waals surface area (Å²) in [6.45, 7) is 0.989. The number of nitrogens with one attached hydrogen (secondary N) is 1. The molecule has 0 aliphatic carbocycles. The van der Waals surface area contributed by atoms with E-state index in [2.05, 4.69) is 5.32 Å². The molecule has 0 unspecified atom stereocenters. The summed E-state index contributed by atoms with van der Waals surface area (Å²) in [4.78, 5) is 12.8. The molecule has 142 valence electrons. The van der Waals surface area contributed by atoms with E-state index in [-0.39, 0.29) is 22.2 Å². The SMILES string of the molecule is COc1ccc(NC(=O)c2sccc2S(=O)(=O)N2CCCC2)cc1N.Cl. The van der Waals surface area contributed by atoms with Crippen LogP contribution in [-0.2, 0) is 10.0 Å². The van der Waals surface area contributed by atoms with Gasteiger partial charge in [-0.25, -0.2) is 8.42 Å². The smallest absolute Gasteiger partial charge is 0.267 e. The maximum atomic E-state index is 12.7. The van der Waals surface area contributed by atoms with Gasteiger partial charge in [0.1, 0.15) is 15.5 Å². The molecule has 1 amide bonds. The molecular formula is C16H20ClN3O4S2. The van der Waals surface area contributed by atoms with E-state index in [1.165, 1.54) is 17.5 Å². The van der Waals surface area contributed by atoms with Crippen LogP contribution in [0.15, 0.2) is 34.5 Å². The van der Waals surface area contributed by atoms with Gasteiger partial charge >= 0.3 is 0 Å². The van der Waals surface area contributed by atoms with Gasteiger partial charge in [-0.1, -0.05) is 0 Å². The van der Waals surface area contributed by atoms with E-state index in [0.717, 1.165) is 24.2 Å². The van der Waals surface area contributed by atoms with Gasteiger partial charge in [-0.15, -0.1) is 23.7 Å². The first-order valence-electron chi connectivity index (χ1n) is 7.76. The fourth-order valence-corrected chi connectivity index (χ4v) is 5.55. The van der Waals surface area contributed by atoms with Gasteiger partial charge in [0, 0.05) is 18.8 Å². The number of methoxy groups -OCH3 is 1. The van der Waals surface area contributed by atoms with Crippen molar-refractivity contribution in [3.8, 4) is 5.75 Å².